The number of amides is 2. The molecule has 0 saturated heterocycles. The molecule has 110 valence electrons. The molecule has 0 aliphatic carbocycles. The standard InChI is InChI=1S/C14H20N2O4/c1-3-5-12(13(17)18)16-14(19)15-11-7-4-6-10(8-11)9-20-2/h4,6-8,12H,3,5,9H2,1-2H3,(H,17,18)(H2,15,16,19)/t12-/m1/s1. The van der Waals surface area contributed by atoms with Gasteiger partial charge in [0, 0.05) is 12.8 Å². The Balaban J connectivity index is 2.61. The zero-order valence-electron chi connectivity index (χ0n) is 11.7. The van der Waals surface area contributed by atoms with Crippen molar-refractivity contribution in [1.82, 2.24) is 5.32 Å². The van der Waals surface area contributed by atoms with Gasteiger partial charge in [-0.15, -0.1) is 0 Å². The average molecular weight is 280 g/mol. The summed E-state index contributed by atoms with van der Waals surface area (Å²) in [5.74, 6) is -1.03. The van der Waals surface area contributed by atoms with Crippen LogP contribution >= 0.6 is 0 Å². The number of hydrogen-bond donors (Lipinski definition) is 3. The molecule has 0 aliphatic rings. The number of nitrogens with one attached hydrogen (secondary N) is 2. The molecule has 20 heavy (non-hydrogen) atoms. The highest BCUT2D eigenvalue weighted by atomic mass is 16.5. The number of benzene rings is 1. The number of aliphatic carboxylic acids is 1. The smallest absolute Gasteiger partial charge is 0.326 e. The fourth-order valence-corrected chi connectivity index (χ4v) is 1.78. The summed E-state index contributed by atoms with van der Waals surface area (Å²) in [6.07, 6.45) is 1.08. The molecule has 0 spiro atoms. The summed E-state index contributed by atoms with van der Waals surface area (Å²) in [4.78, 5) is 22.7. The normalized spacial score (nSPS) is 11.7. The van der Waals surface area contributed by atoms with Gasteiger partial charge in [0.15, 0.2) is 0 Å². The van der Waals surface area contributed by atoms with E-state index in [1.54, 1.807) is 25.3 Å². The SMILES string of the molecule is CCC[C@@H](NC(=O)Nc1cccc(COC)c1)C(=O)O. The lowest BCUT2D eigenvalue weighted by Crippen LogP contribution is -2.42. The third-order valence-electron chi connectivity index (χ3n) is 2.68. The number of carbonyl (C=O) groups excluding carboxylic acids is 1. The quantitative estimate of drug-likeness (QED) is 0.714. The Labute approximate surface area is 118 Å². The second-order valence-corrected chi connectivity index (χ2v) is 4.41. The Morgan fingerprint density at radius 3 is 2.75 bits per heavy atom. The second kappa shape index (κ2) is 8.16. The molecule has 1 rings (SSSR count). The molecule has 0 aromatic heterocycles. The van der Waals surface area contributed by atoms with Crippen molar-refractivity contribution < 1.29 is 19.4 Å². The summed E-state index contributed by atoms with van der Waals surface area (Å²) in [6, 6.07) is 5.78. The van der Waals surface area contributed by atoms with Crippen molar-refractivity contribution in [2.24, 2.45) is 0 Å². The summed E-state index contributed by atoms with van der Waals surface area (Å²) in [6.45, 7) is 2.31. The molecule has 1 aromatic rings. The Morgan fingerprint density at radius 1 is 1.40 bits per heavy atom. The third kappa shape index (κ3) is 5.27. The summed E-state index contributed by atoms with van der Waals surface area (Å²) >= 11 is 0. The molecule has 0 aliphatic heterocycles. The van der Waals surface area contributed by atoms with Gasteiger partial charge < -0.3 is 20.5 Å². The molecule has 0 saturated carbocycles. The van der Waals surface area contributed by atoms with Crippen LogP contribution in [0.3, 0.4) is 0 Å². The first-order valence-corrected chi connectivity index (χ1v) is 6.45. The molecular formula is C14H20N2O4. The van der Waals surface area contributed by atoms with Crippen LogP contribution in [-0.2, 0) is 16.1 Å². The minimum atomic E-state index is -1.03. The van der Waals surface area contributed by atoms with Crippen molar-refractivity contribution in [3.8, 4) is 0 Å². The van der Waals surface area contributed by atoms with Crippen molar-refractivity contribution in [3.05, 3.63) is 29.8 Å². The maximum atomic E-state index is 11.8. The Bertz CT molecular complexity index is 462. The van der Waals surface area contributed by atoms with Crippen molar-refractivity contribution in [2.75, 3.05) is 12.4 Å². The highest BCUT2D eigenvalue weighted by Gasteiger charge is 2.18. The molecule has 0 radical (unpaired) electrons. The molecule has 0 unspecified atom stereocenters. The number of urea groups is 1. The van der Waals surface area contributed by atoms with E-state index in [4.69, 9.17) is 9.84 Å². The van der Waals surface area contributed by atoms with E-state index in [-0.39, 0.29) is 0 Å². The topological polar surface area (TPSA) is 87.7 Å². The third-order valence-corrected chi connectivity index (χ3v) is 2.68. The Hall–Kier alpha value is -2.08. The molecule has 0 fully saturated rings. The van der Waals surface area contributed by atoms with Crippen molar-refractivity contribution in [3.63, 3.8) is 0 Å². The molecule has 0 bridgehead atoms. The van der Waals surface area contributed by atoms with E-state index in [2.05, 4.69) is 10.6 Å². The highest BCUT2D eigenvalue weighted by Crippen LogP contribution is 2.11. The molecule has 2 amide bonds. The van der Waals surface area contributed by atoms with Crippen LogP contribution in [-0.4, -0.2) is 30.3 Å². The first kappa shape index (κ1) is 16.0. The summed E-state index contributed by atoms with van der Waals surface area (Å²) in [5, 5.41) is 14.0. The lowest BCUT2D eigenvalue weighted by atomic mass is 10.2. The van der Waals surface area contributed by atoms with Gasteiger partial charge in [0.1, 0.15) is 6.04 Å². The predicted octanol–water partition coefficient (Wildman–Crippen LogP) is 2.21. The van der Waals surface area contributed by atoms with Crippen LogP contribution < -0.4 is 10.6 Å². The summed E-state index contributed by atoms with van der Waals surface area (Å²) < 4.78 is 5.01. The number of rotatable bonds is 7. The number of anilines is 1. The fraction of sp³-hybridized carbons (Fsp3) is 0.429. The summed E-state index contributed by atoms with van der Waals surface area (Å²) in [7, 11) is 1.59. The second-order valence-electron chi connectivity index (χ2n) is 4.41. The summed E-state index contributed by atoms with van der Waals surface area (Å²) in [5.41, 5.74) is 1.52. The van der Waals surface area contributed by atoms with Gasteiger partial charge in [0.05, 0.1) is 6.61 Å². The van der Waals surface area contributed by atoms with Crippen LogP contribution in [0.25, 0.3) is 0 Å². The van der Waals surface area contributed by atoms with Crippen molar-refractivity contribution in [2.45, 2.75) is 32.4 Å². The van der Waals surface area contributed by atoms with E-state index < -0.39 is 18.0 Å². The monoisotopic (exact) mass is 280 g/mol. The van der Waals surface area contributed by atoms with E-state index >= 15 is 0 Å². The first-order chi connectivity index (χ1) is 9.56. The van der Waals surface area contributed by atoms with Gasteiger partial charge in [-0.05, 0) is 24.1 Å². The van der Waals surface area contributed by atoms with Crippen molar-refractivity contribution in [1.29, 1.82) is 0 Å². The largest absolute Gasteiger partial charge is 0.480 e. The van der Waals surface area contributed by atoms with Gasteiger partial charge in [-0.2, -0.15) is 0 Å². The number of carbonyl (C=O) groups is 2. The van der Waals surface area contributed by atoms with E-state index in [1.165, 1.54) is 0 Å². The van der Waals surface area contributed by atoms with Crippen LogP contribution in [0.4, 0.5) is 10.5 Å². The first-order valence-electron chi connectivity index (χ1n) is 6.45. The number of carboxylic acids is 1. The fourth-order valence-electron chi connectivity index (χ4n) is 1.78. The zero-order valence-corrected chi connectivity index (χ0v) is 11.7. The highest BCUT2D eigenvalue weighted by molar-refractivity contribution is 5.92. The van der Waals surface area contributed by atoms with Crippen LogP contribution in [0, 0.1) is 0 Å². The van der Waals surface area contributed by atoms with E-state index in [9.17, 15) is 9.59 Å². The van der Waals surface area contributed by atoms with Gasteiger partial charge in [0.25, 0.3) is 0 Å². The average Bonchev–Trinajstić information content (AvgIpc) is 2.38. The molecule has 3 N–H and O–H groups in total. The number of hydrogen-bond acceptors (Lipinski definition) is 3. The number of ether oxygens (including phenoxy) is 1. The molecule has 6 heteroatoms. The molecule has 6 nitrogen and oxygen atoms in total. The minimum absolute atomic E-state index is 0.395. The van der Waals surface area contributed by atoms with Crippen LogP contribution in [0.1, 0.15) is 25.3 Å². The predicted molar refractivity (Wildman–Crippen MR) is 75.6 cm³/mol. The Kier molecular flexibility index (Phi) is 6.52. The van der Waals surface area contributed by atoms with Gasteiger partial charge in [-0.1, -0.05) is 25.5 Å². The van der Waals surface area contributed by atoms with E-state index in [0.29, 0.717) is 25.1 Å². The van der Waals surface area contributed by atoms with Crippen molar-refractivity contribution >= 4 is 17.7 Å². The molecule has 0 heterocycles. The number of carboxylic acid groups (broad SMARTS) is 1. The van der Waals surface area contributed by atoms with Gasteiger partial charge in [-0.3, -0.25) is 0 Å². The molecular weight excluding hydrogens is 260 g/mol. The zero-order chi connectivity index (χ0) is 15.0. The van der Waals surface area contributed by atoms with E-state index in [1.807, 2.05) is 13.0 Å². The minimum Gasteiger partial charge on any atom is -0.480 e. The van der Waals surface area contributed by atoms with Gasteiger partial charge in [0.2, 0.25) is 0 Å². The Morgan fingerprint density at radius 2 is 2.15 bits per heavy atom. The lowest BCUT2D eigenvalue weighted by molar-refractivity contribution is -0.139. The van der Waals surface area contributed by atoms with Gasteiger partial charge in [-0.25, -0.2) is 9.59 Å². The maximum Gasteiger partial charge on any atom is 0.326 e. The van der Waals surface area contributed by atoms with Crippen LogP contribution in [0.2, 0.25) is 0 Å². The van der Waals surface area contributed by atoms with Crippen LogP contribution in [0.5, 0.6) is 0 Å². The lowest BCUT2D eigenvalue weighted by Gasteiger charge is -2.14. The maximum absolute atomic E-state index is 11.8. The van der Waals surface area contributed by atoms with Gasteiger partial charge >= 0.3 is 12.0 Å². The van der Waals surface area contributed by atoms with E-state index in [0.717, 1.165) is 5.56 Å². The molecule has 1 atom stereocenters. The van der Waals surface area contributed by atoms with Crippen LogP contribution in [0.15, 0.2) is 24.3 Å². The molecule has 1 aromatic carbocycles. The number of methoxy groups -OCH3 is 1.